The quantitative estimate of drug-likeness (QED) is 0.0539. The number of aliphatic hydroxyl groups excluding tert-OH is 1. The van der Waals surface area contributed by atoms with Gasteiger partial charge in [0.1, 0.15) is 12.0 Å². The van der Waals surface area contributed by atoms with Gasteiger partial charge in [-0.05, 0) is 43.3 Å². The smallest absolute Gasteiger partial charge is 0.424 e. The van der Waals surface area contributed by atoms with Gasteiger partial charge in [0.2, 0.25) is 26.3 Å². The molecular weight excluding hydrogens is 754 g/mol. The van der Waals surface area contributed by atoms with Crippen LogP contribution in [-0.2, 0) is 38.0 Å². The first-order valence-corrected chi connectivity index (χ1v) is 17.9. The van der Waals surface area contributed by atoms with Crippen LogP contribution in [0.2, 0.25) is 0 Å². The highest BCUT2D eigenvalue weighted by Crippen LogP contribution is 2.47. The molecule has 0 spiro atoms. The van der Waals surface area contributed by atoms with Crippen LogP contribution in [0, 0.1) is 5.92 Å². The Hall–Kier alpha value is -6.53. The van der Waals surface area contributed by atoms with Gasteiger partial charge < -0.3 is 38.4 Å². The molecule has 0 radical (unpaired) electrons. The summed E-state index contributed by atoms with van der Waals surface area (Å²) in [5.41, 5.74) is 0.561. The topological polar surface area (TPSA) is 214 Å². The molecule has 1 N–H and O–H groups in total. The predicted molar refractivity (Wildman–Crippen MR) is 194 cm³/mol. The zero-order chi connectivity index (χ0) is 40.0. The molecule has 0 saturated carbocycles. The van der Waals surface area contributed by atoms with E-state index in [1.165, 1.54) is 48.2 Å². The van der Waals surface area contributed by atoms with Crippen molar-refractivity contribution in [1.82, 2.24) is 9.80 Å². The fourth-order valence-corrected chi connectivity index (χ4v) is 6.64. The van der Waals surface area contributed by atoms with Crippen LogP contribution in [0.25, 0.3) is 0 Å². The maximum atomic E-state index is 13.3. The fourth-order valence-electron chi connectivity index (χ4n) is 5.49. The summed E-state index contributed by atoms with van der Waals surface area (Å²) in [4.78, 5) is 94.4. The summed E-state index contributed by atoms with van der Waals surface area (Å²) in [6, 6.07) is 23.4. The van der Waals surface area contributed by atoms with Crippen LogP contribution in [0.1, 0.15) is 44.4 Å². The first-order valence-electron chi connectivity index (χ1n) is 16.9. The maximum absolute atomic E-state index is 13.3. The summed E-state index contributed by atoms with van der Waals surface area (Å²) >= 11 is 1.07. The Morgan fingerprint density at radius 1 is 0.750 bits per heavy atom. The summed E-state index contributed by atoms with van der Waals surface area (Å²) in [5.74, 6) is -4.45. The normalized spacial score (nSPS) is 16.2. The van der Waals surface area contributed by atoms with E-state index in [0.29, 0.717) is 4.91 Å². The average molecular weight is 790 g/mol. The van der Waals surface area contributed by atoms with E-state index in [9.17, 15) is 38.7 Å². The van der Waals surface area contributed by atoms with Gasteiger partial charge in [0.15, 0.2) is 0 Å². The minimum atomic E-state index is -1.23. The lowest BCUT2D eigenvalue weighted by Gasteiger charge is -2.44. The Balaban J connectivity index is 1.22. The molecule has 0 aromatic heterocycles. The second-order valence-electron chi connectivity index (χ2n) is 11.8. The van der Waals surface area contributed by atoms with Crippen LogP contribution in [-0.4, -0.2) is 108 Å². The number of carbonyl (C=O) groups excluding carboxylic acids is 7. The van der Waals surface area contributed by atoms with Gasteiger partial charge in [-0.2, -0.15) is 4.99 Å². The van der Waals surface area contributed by atoms with Crippen LogP contribution in [0.3, 0.4) is 0 Å². The van der Waals surface area contributed by atoms with Gasteiger partial charge in [-0.15, -0.1) is 11.8 Å². The van der Waals surface area contributed by atoms with E-state index in [1.807, 2.05) is 0 Å². The molecule has 2 heterocycles. The van der Waals surface area contributed by atoms with Gasteiger partial charge in [0.25, 0.3) is 0 Å². The van der Waals surface area contributed by atoms with Crippen molar-refractivity contribution in [2.45, 2.75) is 25.5 Å². The molecule has 1 fully saturated rings. The summed E-state index contributed by atoms with van der Waals surface area (Å²) in [7, 11) is 0. The molecular formula is C38H35N3O14S. The first kappa shape index (κ1) is 40.7. The number of rotatable bonds is 16. The summed E-state index contributed by atoms with van der Waals surface area (Å²) in [6.07, 6.45) is -2.36. The third-order valence-corrected chi connectivity index (χ3v) is 9.28. The number of amides is 3. The molecule has 3 atom stereocenters. The zero-order valence-electron chi connectivity index (χ0n) is 29.7. The molecule has 56 heavy (non-hydrogen) atoms. The molecule has 3 amide bonds. The minimum Gasteiger partial charge on any atom is -0.424 e. The van der Waals surface area contributed by atoms with Gasteiger partial charge >= 0.3 is 36.1 Å². The standard InChI is InChI=1S/C38H35N3O14S/c1-24(42)30-28-19-29(31(41(28)32(30)43)36(47)53-21-50-33(44)25-11-5-2-6-12-25)56-18-17-40(38(49)55-23-52-35(46)27-15-9-4-10-16-27)20-39-37(48)54-22-51-34(45)26-13-7-3-8-14-26/h2-16,20,24,28,30,42H,17-19,21-23H2,1H3. The lowest BCUT2D eigenvalue weighted by molar-refractivity contribution is -0.164. The molecule has 292 valence electrons. The van der Waals surface area contributed by atoms with Crippen LogP contribution >= 0.6 is 11.8 Å². The largest absolute Gasteiger partial charge is 0.437 e. The second-order valence-corrected chi connectivity index (χ2v) is 13.0. The SMILES string of the molecule is CC(O)C1C(=O)N2C(C(=O)OCOC(=O)c3ccccc3)=C(SCCN(C=NC(=O)OCOC(=O)c3ccccc3)C(=O)OCOC(=O)c3ccccc3)CC12. The average Bonchev–Trinajstić information content (AvgIpc) is 3.53. The van der Waals surface area contributed by atoms with Crippen molar-refractivity contribution >= 4 is 60.1 Å². The van der Waals surface area contributed by atoms with Crippen molar-refractivity contribution in [3.63, 3.8) is 0 Å². The van der Waals surface area contributed by atoms with E-state index in [2.05, 4.69) is 4.99 Å². The maximum Gasteiger partial charge on any atom is 0.437 e. The number of thioether (sulfide) groups is 1. The third-order valence-electron chi connectivity index (χ3n) is 8.18. The van der Waals surface area contributed by atoms with E-state index in [4.69, 9.17) is 28.4 Å². The van der Waals surface area contributed by atoms with Gasteiger partial charge in [0, 0.05) is 23.6 Å². The van der Waals surface area contributed by atoms with E-state index in [-0.39, 0.29) is 41.1 Å². The third kappa shape index (κ3) is 10.6. The molecule has 0 aliphatic carbocycles. The number of fused-ring (bicyclic) bond motifs is 1. The number of β-lactam (4-membered cyclic amide) rings is 1. The number of aliphatic hydroxyl groups is 1. The fraction of sp³-hybridized carbons (Fsp3) is 0.263. The van der Waals surface area contributed by atoms with Crippen molar-refractivity contribution in [3.05, 3.63) is 118 Å². The van der Waals surface area contributed by atoms with E-state index in [1.54, 1.807) is 54.6 Å². The highest BCUT2D eigenvalue weighted by atomic mass is 32.2. The molecule has 3 aromatic rings. The first-order chi connectivity index (χ1) is 27.0. The zero-order valence-corrected chi connectivity index (χ0v) is 30.5. The summed E-state index contributed by atoms with van der Waals surface area (Å²) < 4.78 is 30.1. The van der Waals surface area contributed by atoms with Gasteiger partial charge in [-0.1, -0.05) is 54.6 Å². The van der Waals surface area contributed by atoms with E-state index in [0.717, 1.165) is 23.0 Å². The van der Waals surface area contributed by atoms with Crippen LogP contribution in [0.4, 0.5) is 9.59 Å². The number of hydrogen-bond donors (Lipinski definition) is 1. The lowest BCUT2D eigenvalue weighted by Crippen LogP contribution is -2.61. The van der Waals surface area contributed by atoms with Crippen molar-refractivity contribution in [2.75, 3.05) is 32.7 Å². The van der Waals surface area contributed by atoms with Crippen molar-refractivity contribution in [2.24, 2.45) is 10.9 Å². The Kier molecular flexibility index (Phi) is 14.3. The molecule has 1 saturated heterocycles. The number of nitrogens with zero attached hydrogens (tertiary/aromatic N) is 3. The number of esters is 4. The number of ether oxygens (including phenoxy) is 6. The van der Waals surface area contributed by atoms with Crippen LogP contribution in [0.15, 0.2) is 107 Å². The molecule has 5 rings (SSSR count). The number of benzene rings is 3. The van der Waals surface area contributed by atoms with Gasteiger partial charge in [-0.25, -0.2) is 28.8 Å². The highest BCUT2D eigenvalue weighted by molar-refractivity contribution is 8.03. The molecule has 17 nitrogen and oxygen atoms in total. The molecule has 0 bridgehead atoms. The lowest BCUT2D eigenvalue weighted by atomic mass is 9.83. The Labute approximate surface area is 323 Å². The molecule has 18 heteroatoms. The Bertz CT molecular complexity index is 1970. The summed E-state index contributed by atoms with van der Waals surface area (Å²) in [6.45, 7) is -1.06. The van der Waals surface area contributed by atoms with Crippen molar-refractivity contribution in [1.29, 1.82) is 0 Å². The van der Waals surface area contributed by atoms with E-state index >= 15 is 0 Å². The minimum absolute atomic E-state index is 0.0257. The van der Waals surface area contributed by atoms with Crippen LogP contribution in [0.5, 0.6) is 0 Å². The van der Waals surface area contributed by atoms with Crippen molar-refractivity contribution in [3.8, 4) is 0 Å². The molecule has 2 aliphatic heterocycles. The monoisotopic (exact) mass is 789 g/mol. The van der Waals surface area contributed by atoms with Crippen molar-refractivity contribution < 1.29 is 67.1 Å². The van der Waals surface area contributed by atoms with Gasteiger partial charge in [0.05, 0.1) is 34.8 Å². The Morgan fingerprint density at radius 3 is 1.71 bits per heavy atom. The Morgan fingerprint density at radius 2 is 1.21 bits per heavy atom. The highest BCUT2D eigenvalue weighted by Gasteiger charge is 2.57. The summed E-state index contributed by atoms with van der Waals surface area (Å²) in [5, 5.41) is 10.2. The second kappa shape index (κ2) is 19.7. The molecule has 2 aliphatic rings. The number of hydrogen-bond acceptors (Lipinski definition) is 15. The van der Waals surface area contributed by atoms with E-state index < -0.39 is 80.4 Å². The number of aliphatic imine (C=N–C) groups is 1. The molecule has 3 aromatic carbocycles. The molecule has 3 unspecified atom stereocenters. The van der Waals surface area contributed by atoms with Gasteiger partial charge in [-0.3, -0.25) is 9.69 Å². The predicted octanol–water partition coefficient (Wildman–Crippen LogP) is 4.13. The van der Waals surface area contributed by atoms with Crippen LogP contribution < -0.4 is 0 Å². The number of carbonyl (C=O) groups is 7.